The highest BCUT2D eigenvalue weighted by Gasteiger charge is 2.29. The van der Waals surface area contributed by atoms with Crippen molar-refractivity contribution in [2.24, 2.45) is 0 Å². The summed E-state index contributed by atoms with van der Waals surface area (Å²) in [6.07, 6.45) is -0.404. The number of rotatable bonds is 2. The van der Waals surface area contributed by atoms with Crippen LogP contribution in [-0.2, 0) is 9.53 Å². The number of carbonyl (C=O) groups excluding carboxylic acids is 1. The summed E-state index contributed by atoms with van der Waals surface area (Å²) in [6, 6.07) is 4.33. The number of nitrogens with zero attached hydrogens (tertiary/aromatic N) is 3. The van der Waals surface area contributed by atoms with Gasteiger partial charge in [0.05, 0.1) is 23.4 Å². The van der Waals surface area contributed by atoms with Crippen molar-refractivity contribution in [1.29, 1.82) is 0 Å². The molecule has 1 aromatic heterocycles. The largest absolute Gasteiger partial charge is 0.365 e. The number of thiazole rings is 1. The highest BCUT2D eigenvalue weighted by Crippen LogP contribution is 2.32. The minimum absolute atomic E-state index is 0.0119. The Bertz CT molecular complexity index is 711. The van der Waals surface area contributed by atoms with Gasteiger partial charge in [-0.15, -0.1) is 0 Å². The fraction of sp³-hybridized carbons (Fsp3) is 0.500. The van der Waals surface area contributed by atoms with Crippen molar-refractivity contribution in [2.75, 3.05) is 38.7 Å². The van der Waals surface area contributed by atoms with Gasteiger partial charge < -0.3 is 14.5 Å². The SMILES string of the molecule is Cc1cc(C)c2nc(N3CCOC(C(=O)N(C)C)C3)sc2c1. The smallest absolute Gasteiger partial charge is 0.253 e. The number of carbonyl (C=O) groups is 1. The highest BCUT2D eigenvalue weighted by molar-refractivity contribution is 7.22. The van der Waals surface area contributed by atoms with E-state index in [4.69, 9.17) is 9.72 Å². The average Bonchev–Trinajstić information content (AvgIpc) is 2.90. The molecule has 0 saturated carbocycles. The number of fused-ring (bicyclic) bond motifs is 1. The minimum atomic E-state index is -0.404. The number of aromatic nitrogens is 1. The summed E-state index contributed by atoms with van der Waals surface area (Å²) >= 11 is 1.69. The molecule has 0 aliphatic carbocycles. The molecule has 2 aromatic rings. The van der Waals surface area contributed by atoms with Gasteiger partial charge in [-0.1, -0.05) is 17.4 Å². The Morgan fingerprint density at radius 3 is 2.91 bits per heavy atom. The first-order chi connectivity index (χ1) is 10.5. The molecule has 1 amide bonds. The molecule has 1 saturated heterocycles. The minimum Gasteiger partial charge on any atom is -0.365 e. The van der Waals surface area contributed by atoms with Crippen molar-refractivity contribution in [1.82, 2.24) is 9.88 Å². The van der Waals surface area contributed by atoms with E-state index in [2.05, 4.69) is 30.9 Å². The van der Waals surface area contributed by atoms with Crippen LogP contribution < -0.4 is 4.90 Å². The number of morpholine rings is 1. The lowest BCUT2D eigenvalue weighted by Gasteiger charge is -2.33. The maximum Gasteiger partial charge on any atom is 0.253 e. The van der Waals surface area contributed by atoms with Crippen LogP contribution in [0.25, 0.3) is 10.2 Å². The zero-order chi connectivity index (χ0) is 15.9. The quantitative estimate of drug-likeness (QED) is 0.851. The zero-order valence-electron chi connectivity index (χ0n) is 13.4. The van der Waals surface area contributed by atoms with Gasteiger partial charge in [0, 0.05) is 20.6 Å². The summed E-state index contributed by atoms with van der Waals surface area (Å²) in [7, 11) is 3.52. The van der Waals surface area contributed by atoms with Gasteiger partial charge in [-0.25, -0.2) is 4.98 Å². The van der Waals surface area contributed by atoms with Crippen molar-refractivity contribution in [3.63, 3.8) is 0 Å². The summed E-state index contributed by atoms with van der Waals surface area (Å²) in [4.78, 5) is 20.6. The molecule has 1 aromatic carbocycles. The fourth-order valence-corrected chi connectivity index (χ4v) is 3.93. The second-order valence-corrected chi connectivity index (χ2v) is 6.97. The Morgan fingerprint density at radius 1 is 1.41 bits per heavy atom. The zero-order valence-corrected chi connectivity index (χ0v) is 14.2. The molecule has 0 spiro atoms. The van der Waals surface area contributed by atoms with E-state index in [1.165, 1.54) is 15.8 Å². The number of benzene rings is 1. The predicted octanol–water partition coefficient (Wildman–Crippen LogP) is 2.21. The molecule has 1 atom stereocenters. The molecule has 22 heavy (non-hydrogen) atoms. The van der Waals surface area contributed by atoms with E-state index in [-0.39, 0.29) is 5.91 Å². The summed E-state index contributed by atoms with van der Waals surface area (Å²) in [5, 5.41) is 0.976. The average molecular weight is 319 g/mol. The van der Waals surface area contributed by atoms with Crippen LogP contribution in [0.15, 0.2) is 12.1 Å². The Morgan fingerprint density at radius 2 is 2.18 bits per heavy atom. The van der Waals surface area contributed by atoms with Crippen LogP contribution in [0.1, 0.15) is 11.1 Å². The maximum atomic E-state index is 12.1. The van der Waals surface area contributed by atoms with E-state index in [9.17, 15) is 4.79 Å². The van der Waals surface area contributed by atoms with Crippen molar-refractivity contribution in [2.45, 2.75) is 20.0 Å². The van der Waals surface area contributed by atoms with Crippen molar-refractivity contribution >= 4 is 32.6 Å². The van der Waals surface area contributed by atoms with Gasteiger partial charge in [-0.05, 0) is 31.0 Å². The molecule has 2 heterocycles. The maximum absolute atomic E-state index is 12.1. The van der Waals surface area contributed by atoms with E-state index in [0.717, 1.165) is 17.2 Å². The van der Waals surface area contributed by atoms with E-state index in [1.54, 1.807) is 30.3 Å². The van der Waals surface area contributed by atoms with Crippen LogP contribution in [0, 0.1) is 13.8 Å². The Balaban J connectivity index is 1.87. The van der Waals surface area contributed by atoms with Crippen LogP contribution in [0.5, 0.6) is 0 Å². The first-order valence-electron chi connectivity index (χ1n) is 7.41. The number of amides is 1. The Labute approximate surface area is 134 Å². The lowest BCUT2D eigenvalue weighted by Crippen LogP contribution is -2.49. The number of ether oxygens (including phenoxy) is 1. The summed E-state index contributed by atoms with van der Waals surface area (Å²) in [5.74, 6) is 0.0119. The van der Waals surface area contributed by atoms with Crippen LogP contribution in [0.4, 0.5) is 5.13 Å². The summed E-state index contributed by atoms with van der Waals surface area (Å²) in [6.45, 7) is 6.09. The first-order valence-corrected chi connectivity index (χ1v) is 8.23. The Kier molecular flexibility index (Phi) is 4.06. The molecule has 6 heteroatoms. The fourth-order valence-electron chi connectivity index (χ4n) is 2.75. The van der Waals surface area contributed by atoms with Gasteiger partial charge in [0.1, 0.15) is 0 Å². The molecule has 1 aliphatic heterocycles. The second-order valence-electron chi connectivity index (χ2n) is 5.96. The number of aryl methyl sites for hydroxylation is 2. The molecule has 1 aliphatic rings. The predicted molar refractivity (Wildman–Crippen MR) is 89.7 cm³/mol. The molecule has 0 N–H and O–H groups in total. The summed E-state index contributed by atoms with van der Waals surface area (Å²) < 4.78 is 6.82. The molecule has 0 bridgehead atoms. The van der Waals surface area contributed by atoms with Crippen molar-refractivity contribution < 1.29 is 9.53 Å². The van der Waals surface area contributed by atoms with Crippen LogP contribution in [0.2, 0.25) is 0 Å². The monoisotopic (exact) mass is 319 g/mol. The lowest BCUT2D eigenvalue weighted by atomic mass is 10.1. The molecule has 1 fully saturated rings. The van der Waals surface area contributed by atoms with E-state index in [1.807, 2.05) is 0 Å². The van der Waals surface area contributed by atoms with Gasteiger partial charge in [0.25, 0.3) is 5.91 Å². The number of anilines is 1. The number of hydrogen-bond acceptors (Lipinski definition) is 5. The van der Waals surface area contributed by atoms with E-state index < -0.39 is 6.10 Å². The molecule has 0 radical (unpaired) electrons. The van der Waals surface area contributed by atoms with Crippen molar-refractivity contribution in [3.05, 3.63) is 23.3 Å². The Hall–Kier alpha value is -1.66. The van der Waals surface area contributed by atoms with Gasteiger partial charge in [-0.2, -0.15) is 0 Å². The van der Waals surface area contributed by atoms with Crippen LogP contribution >= 0.6 is 11.3 Å². The summed E-state index contributed by atoms with van der Waals surface area (Å²) in [5.41, 5.74) is 3.52. The number of hydrogen-bond donors (Lipinski definition) is 0. The molecular weight excluding hydrogens is 298 g/mol. The van der Waals surface area contributed by atoms with Gasteiger partial charge in [0.15, 0.2) is 11.2 Å². The molecule has 1 unspecified atom stereocenters. The van der Waals surface area contributed by atoms with Gasteiger partial charge in [0.2, 0.25) is 0 Å². The van der Waals surface area contributed by atoms with Crippen LogP contribution in [0.3, 0.4) is 0 Å². The highest BCUT2D eigenvalue weighted by atomic mass is 32.1. The van der Waals surface area contributed by atoms with Crippen LogP contribution in [-0.4, -0.2) is 55.7 Å². The number of likely N-dealkylation sites (N-methyl/N-ethyl adjacent to an activating group) is 1. The van der Waals surface area contributed by atoms with E-state index in [0.29, 0.717) is 13.2 Å². The standard InChI is InChI=1S/C16H21N3O2S/c1-10-7-11(2)14-13(8-10)22-16(17-14)19-5-6-21-12(9-19)15(20)18(3)4/h7-8,12H,5-6,9H2,1-4H3. The van der Waals surface area contributed by atoms with Gasteiger partial charge >= 0.3 is 0 Å². The van der Waals surface area contributed by atoms with Crippen molar-refractivity contribution in [3.8, 4) is 0 Å². The molecule has 3 rings (SSSR count). The third-order valence-corrected chi connectivity index (χ3v) is 4.93. The molecule has 5 nitrogen and oxygen atoms in total. The van der Waals surface area contributed by atoms with Gasteiger partial charge in [-0.3, -0.25) is 4.79 Å². The first kappa shape index (κ1) is 15.2. The lowest BCUT2D eigenvalue weighted by molar-refractivity contribution is -0.141. The second kappa shape index (κ2) is 5.85. The normalized spacial score (nSPS) is 18.7. The molecule has 118 valence electrons. The van der Waals surface area contributed by atoms with E-state index >= 15 is 0 Å². The topological polar surface area (TPSA) is 45.7 Å². The molecular formula is C16H21N3O2S. The third-order valence-electron chi connectivity index (χ3n) is 3.87. The third kappa shape index (κ3) is 2.80.